The number of hydrogen-bond donors (Lipinski definition) is 2. The van der Waals surface area contributed by atoms with Crippen LogP contribution in [-0.2, 0) is 6.42 Å². The van der Waals surface area contributed by atoms with Gasteiger partial charge in [-0.3, -0.25) is 9.78 Å². The molecule has 1 aromatic heterocycles. The largest absolute Gasteiger partial charge is 0.496 e. The number of benzene rings is 1. The summed E-state index contributed by atoms with van der Waals surface area (Å²) < 4.78 is 5.16. The Morgan fingerprint density at radius 3 is 2.90 bits per heavy atom. The van der Waals surface area contributed by atoms with Crippen LogP contribution in [0.25, 0.3) is 0 Å². The summed E-state index contributed by atoms with van der Waals surface area (Å²) in [6.45, 7) is 0.508. The summed E-state index contributed by atoms with van der Waals surface area (Å²) in [5.74, 6) is 0.305. The normalized spacial score (nSPS) is 10.1. The van der Waals surface area contributed by atoms with Crippen LogP contribution in [-0.4, -0.2) is 24.5 Å². The van der Waals surface area contributed by atoms with Crippen molar-refractivity contribution in [1.82, 2.24) is 10.3 Å². The molecular weight excluding hydrogens is 254 g/mol. The van der Waals surface area contributed by atoms with E-state index in [2.05, 4.69) is 10.3 Å². The standard InChI is InChI=1S/C15H17N3O2/c1-20-14-6-5-11(16)10-13(14)15(19)18-9-7-12-4-2-3-8-17-12/h2-6,8,10H,7,9,16H2,1H3,(H,18,19). The van der Waals surface area contributed by atoms with Crippen LogP contribution >= 0.6 is 0 Å². The average molecular weight is 271 g/mol. The van der Waals surface area contributed by atoms with Gasteiger partial charge in [-0.15, -0.1) is 0 Å². The van der Waals surface area contributed by atoms with Crippen LogP contribution in [0.2, 0.25) is 0 Å². The number of methoxy groups -OCH3 is 1. The number of nitrogens with zero attached hydrogens (tertiary/aromatic N) is 1. The van der Waals surface area contributed by atoms with E-state index < -0.39 is 0 Å². The van der Waals surface area contributed by atoms with Crippen molar-refractivity contribution in [3.05, 3.63) is 53.9 Å². The van der Waals surface area contributed by atoms with Crippen LogP contribution in [0.15, 0.2) is 42.6 Å². The average Bonchev–Trinajstić information content (AvgIpc) is 2.48. The maximum Gasteiger partial charge on any atom is 0.255 e. The minimum Gasteiger partial charge on any atom is -0.496 e. The Hall–Kier alpha value is -2.56. The first-order valence-corrected chi connectivity index (χ1v) is 6.32. The number of nitrogens with two attached hydrogens (primary N) is 1. The maximum atomic E-state index is 12.1. The number of nitrogen functional groups attached to an aromatic ring is 1. The zero-order valence-electron chi connectivity index (χ0n) is 11.3. The van der Waals surface area contributed by atoms with Crippen LogP contribution in [0.5, 0.6) is 5.75 Å². The van der Waals surface area contributed by atoms with Crippen LogP contribution in [0.1, 0.15) is 16.1 Å². The molecule has 0 bridgehead atoms. The van der Waals surface area contributed by atoms with Gasteiger partial charge in [-0.05, 0) is 30.3 Å². The van der Waals surface area contributed by atoms with Gasteiger partial charge in [0.05, 0.1) is 12.7 Å². The number of hydrogen-bond acceptors (Lipinski definition) is 4. The highest BCUT2D eigenvalue weighted by Crippen LogP contribution is 2.20. The summed E-state index contributed by atoms with van der Waals surface area (Å²) >= 11 is 0. The number of anilines is 1. The number of amides is 1. The molecule has 1 aromatic carbocycles. The number of nitrogens with one attached hydrogen (secondary N) is 1. The number of rotatable bonds is 5. The molecule has 0 aliphatic rings. The smallest absolute Gasteiger partial charge is 0.255 e. The van der Waals surface area contributed by atoms with E-state index >= 15 is 0 Å². The van der Waals surface area contributed by atoms with Crippen molar-refractivity contribution in [3.63, 3.8) is 0 Å². The molecule has 0 aliphatic carbocycles. The molecule has 1 amide bonds. The van der Waals surface area contributed by atoms with Gasteiger partial charge in [0, 0.05) is 30.5 Å². The molecule has 0 saturated heterocycles. The van der Waals surface area contributed by atoms with Crippen molar-refractivity contribution < 1.29 is 9.53 Å². The molecule has 3 N–H and O–H groups in total. The lowest BCUT2D eigenvalue weighted by molar-refractivity contribution is 0.0951. The molecule has 0 unspecified atom stereocenters. The van der Waals surface area contributed by atoms with Gasteiger partial charge in [0.25, 0.3) is 5.91 Å². The van der Waals surface area contributed by atoms with Crippen molar-refractivity contribution in [3.8, 4) is 5.75 Å². The first-order chi connectivity index (χ1) is 9.70. The fraction of sp³-hybridized carbons (Fsp3) is 0.200. The highest BCUT2D eigenvalue weighted by atomic mass is 16.5. The lowest BCUT2D eigenvalue weighted by Crippen LogP contribution is -2.26. The number of carbonyl (C=O) groups is 1. The molecule has 0 spiro atoms. The number of pyridine rings is 1. The van der Waals surface area contributed by atoms with E-state index in [4.69, 9.17) is 10.5 Å². The second-order valence-corrected chi connectivity index (χ2v) is 4.29. The number of aromatic nitrogens is 1. The summed E-state index contributed by atoms with van der Waals surface area (Å²) in [4.78, 5) is 16.3. The molecule has 1 heterocycles. The molecule has 0 saturated carbocycles. The Morgan fingerprint density at radius 2 is 2.20 bits per heavy atom. The van der Waals surface area contributed by atoms with Crippen molar-refractivity contribution >= 4 is 11.6 Å². The van der Waals surface area contributed by atoms with E-state index in [1.165, 1.54) is 7.11 Å². The van der Waals surface area contributed by atoms with Gasteiger partial charge >= 0.3 is 0 Å². The van der Waals surface area contributed by atoms with Gasteiger partial charge in [0.1, 0.15) is 5.75 Å². The minimum absolute atomic E-state index is 0.204. The zero-order chi connectivity index (χ0) is 14.4. The third kappa shape index (κ3) is 3.47. The molecule has 0 atom stereocenters. The fourth-order valence-corrected chi connectivity index (χ4v) is 1.85. The first-order valence-electron chi connectivity index (χ1n) is 6.32. The molecule has 5 nitrogen and oxygen atoms in total. The first kappa shape index (κ1) is 13.9. The Balaban J connectivity index is 1.97. The van der Waals surface area contributed by atoms with Gasteiger partial charge in [-0.2, -0.15) is 0 Å². The summed E-state index contributed by atoms with van der Waals surface area (Å²) in [5, 5.41) is 2.83. The van der Waals surface area contributed by atoms with Crippen molar-refractivity contribution in [2.75, 3.05) is 19.4 Å². The SMILES string of the molecule is COc1ccc(N)cc1C(=O)NCCc1ccccn1. The summed E-state index contributed by atoms with van der Waals surface area (Å²) in [7, 11) is 1.52. The van der Waals surface area contributed by atoms with Crippen LogP contribution in [0.3, 0.4) is 0 Å². The maximum absolute atomic E-state index is 12.1. The van der Waals surface area contributed by atoms with E-state index in [0.29, 0.717) is 30.0 Å². The highest BCUT2D eigenvalue weighted by Gasteiger charge is 2.12. The van der Waals surface area contributed by atoms with Crippen molar-refractivity contribution in [2.24, 2.45) is 0 Å². The summed E-state index contributed by atoms with van der Waals surface area (Å²) in [6.07, 6.45) is 2.41. The van der Waals surface area contributed by atoms with Gasteiger partial charge in [0.2, 0.25) is 0 Å². The molecule has 20 heavy (non-hydrogen) atoms. The van der Waals surface area contributed by atoms with E-state index in [0.717, 1.165) is 5.69 Å². The van der Waals surface area contributed by atoms with E-state index in [1.54, 1.807) is 24.4 Å². The third-order valence-electron chi connectivity index (χ3n) is 2.86. The predicted molar refractivity (Wildman–Crippen MR) is 77.7 cm³/mol. The van der Waals surface area contributed by atoms with Crippen molar-refractivity contribution in [2.45, 2.75) is 6.42 Å². The Kier molecular flexibility index (Phi) is 4.55. The van der Waals surface area contributed by atoms with Gasteiger partial charge in [-0.25, -0.2) is 0 Å². The number of ether oxygens (including phenoxy) is 1. The Morgan fingerprint density at radius 1 is 1.35 bits per heavy atom. The molecule has 104 valence electrons. The highest BCUT2D eigenvalue weighted by molar-refractivity contribution is 5.97. The Bertz CT molecular complexity index is 585. The van der Waals surface area contributed by atoms with Crippen molar-refractivity contribution in [1.29, 1.82) is 0 Å². The second-order valence-electron chi connectivity index (χ2n) is 4.29. The van der Waals surface area contributed by atoms with E-state index in [-0.39, 0.29) is 5.91 Å². The number of carbonyl (C=O) groups excluding carboxylic acids is 1. The lowest BCUT2D eigenvalue weighted by Gasteiger charge is -2.10. The van der Waals surface area contributed by atoms with Crippen LogP contribution in [0.4, 0.5) is 5.69 Å². The zero-order valence-corrected chi connectivity index (χ0v) is 11.3. The summed E-state index contributed by atoms with van der Waals surface area (Å²) in [6, 6.07) is 10.7. The quantitative estimate of drug-likeness (QED) is 0.810. The molecule has 2 rings (SSSR count). The van der Waals surface area contributed by atoms with Crippen LogP contribution in [0, 0.1) is 0 Å². The summed E-state index contributed by atoms with van der Waals surface area (Å²) in [5.41, 5.74) is 7.60. The molecular formula is C15H17N3O2. The van der Waals surface area contributed by atoms with E-state index in [1.807, 2.05) is 18.2 Å². The van der Waals surface area contributed by atoms with Gasteiger partial charge in [-0.1, -0.05) is 6.07 Å². The minimum atomic E-state index is -0.204. The molecule has 0 aliphatic heterocycles. The molecule has 2 aromatic rings. The Labute approximate surface area is 117 Å². The van der Waals surface area contributed by atoms with Gasteiger partial charge in [0.15, 0.2) is 0 Å². The predicted octanol–water partition coefficient (Wildman–Crippen LogP) is 1.64. The third-order valence-corrected chi connectivity index (χ3v) is 2.86. The second kappa shape index (κ2) is 6.56. The fourth-order valence-electron chi connectivity index (χ4n) is 1.85. The topological polar surface area (TPSA) is 77.2 Å². The molecule has 5 heteroatoms. The lowest BCUT2D eigenvalue weighted by atomic mass is 10.1. The van der Waals surface area contributed by atoms with Gasteiger partial charge < -0.3 is 15.8 Å². The molecule has 0 fully saturated rings. The van der Waals surface area contributed by atoms with Crippen LogP contribution < -0.4 is 15.8 Å². The van der Waals surface area contributed by atoms with E-state index in [9.17, 15) is 4.79 Å². The monoisotopic (exact) mass is 271 g/mol. The molecule has 0 radical (unpaired) electrons.